The Morgan fingerprint density at radius 3 is 3.18 bits per heavy atom. The van der Waals surface area contributed by atoms with Crippen molar-refractivity contribution < 1.29 is 0 Å². The zero-order valence-corrected chi connectivity index (χ0v) is 7.40. The summed E-state index contributed by atoms with van der Waals surface area (Å²) in [5, 5.41) is 3.20. The third-order valence-corrected chi connectivity index (χ3v) is 2.43. The second-order valence-corrected chi connectivity index (χ2v) is 3.19. The van der Waals surface area contributed by atoms with E-state index in [9.17, 15) is 0 Å². The fourth-order valence-electron chi connectivity index (χ4n) is 0.941. The van der Waals surface area contributed by atoms with Gasteiger partial charge in [0.1, 0.15) is 0 Å². The van der Waals surface area contributed by atoms with E-state index in [1.807, 2.05) is 24.8 Å². The van der Waals surface area contributed by atoms with E-state index in [1.54, 1.807) is 11.3 Å². The lowest BCUT2D eigenvalue weighted by atomic mass is 10.2. The Labute approximate surface area is 71.0 Å². The number of nitrogens with zero attached hydrogens (tertiary/aromatic N) is 1. The molecule has 1 heterocycles. The van der Waals surface area contributed by atoms with Gasteiger partial charge in [0.2, 0.25) is 0 Å². The molecule has 1 aromatic heterocycles. The molecule has 1 N–H and O–H groups in total. The Hall–Kier alpha value is -0.670. The molecule has 1 atom stereocenters. The molecular formula is C8H12N2S. The first-order valence-corrected chi connectivity index (χ1v) is 4.43. The van der Waals surface area contributed by atoms with Crippen LogP contribution < -0.4 is 5.32 Å². The van der Waals surface area contributed by atoms with Crippen LogP contribution in [0.3, 0.4) is 0 Å². The lowest BCUT2D eigenvalue weighted by molar-refractivity contribution is 0.613. The van der Waals surface area contributed by atoms with Gasteiger partial charge < -0.3 is 5.32 Å². The highest BCUT2D eigenvalue weighted by atomic mass is 32.1. The Kier molecular flexibility index (Phi) is 3.26. The van der Waals surface area contributed by atoms with E-state index in [1.165, 1.54) is 4.88 Å². The molecule has 0 aliphatic rings. The van der Waals surface area contributed by atoms with Crippen LogP contribution in [0, 0.1) is 0 Å². The highest BCUT2D eigenvalue weighted by molar-refractivity contribution is 7.09. The van der Waals surface area contributed by atoms with Gasteiger partial charge in [-0.15, -0.1) is 17.9 Å². The normalized spacial score (nSPS) is 12.8. The van der Waals surface area contributed by atoms with Crippen molar-refractivity contribution in [1.82, 2.24) is 10.3 Å². The maximum atomic E-state index is 4.02. The largest absolute Gasteiger partial charge is 0.312 e. The molecule has 11 heavy (non-hydrogen) atoms. The summed E-state index contributed by atoms with van der Waals surface area (Å²) in [5.74, 6) is 0. The molecule has 0 aromatic carbocycles. The predicted octanol–water partition coefficient (Wildman–Crippen LogP) is 1.98. The molecule has 0 amide bonds. The van der Waals surface area contributed by atoms with Crippen LogP contribution in [0.15, 0.2) is 24.4 Å². The first-order chi connectivity index (χ1) is 5.38. The van der Waals surface area contributed by atoms with Crippen LogP contribution in [-0.4, -0.2) is 12.0 Å². The van der Waals surface area contributed by atoms with Gasteiger partial charge in [0, 0.05) is 17.1 Å². The standard InChI is InChI=1S/C8H12N2S/c1-3-4-7(9-2)8-5-10-6-11-8/h3,5-7,9H,1,4H2,2H3. The maximum absolute atomic E-state index is 4.02. The molecular weight excluding hydrogens is 156 g/mol. The van der Waals surface area contributed by atoms with Crippen LogP contribution in [0.2, 0.25) is 0 Å². The summed E-state index contributed by atoms with van der Waals surface area (Å²) in [4.78, 5) is 5.29. The van der Waals surface area contributed by atoms with E-state index in [0.717, 1.165) is 6.42 Å². The molecule has 0 spiro atoms. The molecule has 1 rings (SSSR count). The van der Waals surface area contributed by atoms with Crippen LogP contribution in [-0.2, 0) is 0 Å². The van der Waals surface area contributed by atoms with Crippen molar-refractivity contribution >= 4 is 11.3 Å². The topological polar surface area (TPSA) is 24.9 Å². The average molecular weight is 168 g/mol. The summed E-state index contributed by atoms with van der Waals surface area (Å²) in [5.41, 5.74) is 1.85. The van der Waals surface area contributed by atoms with E-state index >= 15 is 0 Å². The lowest BCUT2D eigenvalue weighted by Gasteiger charge is -2.09. The molecule has 0 radical (unpaired) electrons. The second-order valence-electron chi connectivity index (χ2n) is 2.27. The molecule has 1 aromatic rings. The molecule has 60 valence electrons. The summed E-state index contributed by atoms with van der Waals surface area (Å²) in [6, 6.07) is 0.389. The Morgan fingerprint density at radius 2 is 2.73 bits per heavy atom. The summed E-state index contributed by atoms with van der Waals surface area (Å²) in [7, 11) is 1.95. The molecule has 0 aliphatic heterocycles. The number of nitrogens with one attached hydrogen (secondary N) is 1. The maximum Gasteiger partial charge on any atom is 0.0794 e. The van der Waals surface area contributed by atoms with Gasteiger partial charge in [-0.25, -0.2) is 0 Å². The quantitative estimate of drug-likeness (QED) is 0.695. The van der Waals surface area contributed by atoms with E-state index < -0.39 is 0 Å². The van der Waals surface area contributed by atoms with Gasteiger partial charge in [0.05, 0.1) is 5.51 Å². The SMILES string of the molecule is C=CCC(NC)c1cncs1. The molecule has 1 unspecified atom stereocenters. The fourth-order valence-corrected chi connectivity index (χ4v) is 1.68. The minimum atomic E-state index is 0.389. The minimum absolute atomic E-state index is 0.389. The van der Waals surface area contributed by atoms with Gasteiger partial charge in [0.25, 0.3) is 0 Å². The molecule has 0 aliphatic carbocycles. The first-order valence-electron chi connectivity index (χ1n) is 3.55. The van der Waals surface area contributed by atoms with Gasteiger partial charge in [-0.1, -0.05) is 6.08 Å². The van der Waals surface area contributed by atoms with Crippen molar-refractivity contribution in [3.8, 4) is 0 Å². The summed E-state index contributed by atoms with van der Waals surface area (Å²) in [6.07, 6.45) is 4.77. The van der Waals surface area contributed by atoms with Crippen LogP contribution in [0.4, 0.5) is 0 Å². The second kappa shape index (κ2) is 4.26. The zero-order valence-electron chi connectivity index (χ0n) is 6.58. The van der Waals surface area contributed by atoms with Crippen molar-refractivity contribution in [2.24, 2.45) is 0 Å². The van der Waals surface area contributed by atoms with Crippen LogP contribution in [0.1, 0.15) is 17.3 Å². The summed E-state index contributed by atoms with van der Waals surface area (Å²) >= 11 is 1.67. The average Bonchev–Trinajstić information content (AvgIpc) is 2.52. The molecule has 2 nitrogen and oxygen atoms in total. The molecule has 3 heteroatoms. The third kappa shape index (κ3) is 2.13. The van der Waals surface area contributed by atoms with Gasteiger partial charge in [-0.2, -0.15) is 0 Å². The van der Waals surface area contributed by atoms with Crippen molar-refractivity contribution in [2.75, 3.05) is 7.05 Å². The minimum Gasteiger partial charge on any atom is -0.312 e. The zero-order chi connectivity index (χ0) is 8.10. The van der Waals surface area contributed by atoms with Gasteiger partial charge in [0.15, 0.2) is 0 Å². The smallest absolute Gasteiger partial charge is 0.0794 e. The van der Waals surface area contributed by atoms with E-state index in [2.05, 4.69) is 16.9 Å². The highest BCUT2D eigenvalue weighted by Gasteiger charge is 2.07. The number of aromatic nitrogens is 1. The molecule has 0 bridgehead atoms. The van der Waals surface area contributed by atoms with Crippen molar-refractivity contribution in [3.05, 3.63) is 29.2 Å². The van der Waals surface area contributed by atoms with Crippen molar-refractivity contribution in [1.29, 1.82) is 0 Å². The number of thiazole rings is 1. The van der Waals surface area contributed by atoms with Crippen LogP contribution in [0.25, 0.3) is 0 Å². The van der Waals surface area contributed by atoms with Crippen LogP contribution in [0.5, 0.6) is 0 Å². The summed E-state index contributed by atoms with van der Waals surface area (Å²) < 4.78 is 0. The third-order valence-electron chi connectivity index (χ3n) is 1.55. The molecule has 0 saturated carbocycles. The molecule has 0 saturated heterocycles. The number of hydrogen-bond donors (Lipinski definition) is 1. The Balaban J connectivity index is 2.62. The number of hydrogen-bond acceptors (Lipinski definition) is 3. The lowest BCUT2D eigenvalue weighted by Crippen LogP contribution is -2.13. The van der Waals surface area contributed by atoms with Gasteiger partial charge in [-0.05, 0) is 13.5 Å². The molecule has 0 fully saturated rings. The van der Waals surface area contributed by atoms with Gasteiger partial charge >= 0.3 is 0 Å². The van der Waals surface area contributed by atoms with E-state index in [4.69, 9.17) is 0 Å². The van der Waals surface area contributed by atoms with E-state index in [0.29, 0.717) is 6.04 Å². The monoisotopic (exact) mass is 168 g/mol. The summed E-state index contributed by atoms with van der Waals surface area (Å²) in [6.45, 7) is 3.70. The Bertz CT molecular complexity index is 206. The van der Waals surface area contributed by atoms with Gasteiger partial charge in [-0.3, -0.25) is 4.98 Å². The predicted molar refractivity (Wildman–Crippen MR) is 48.7 cm³/mol. The number of rotatable bonds is 4. The van der Waals surface area contributed by atoms with E-state index in [-0.39, 0.29) is 0 Å². The van der Waals surface area contributed by atoms with Crippen LogP contribution >= 0.6 is 11.3 Å². The Morgan fingerprint density at radius 1 is 1.91 bits per heavy atom. The fraction of sp³-hybridized carbons (Fsp3) is 0.375. The highest BCUT2D eigenvalue weighted by Crippen LogP contribution is 2.19. The van der Waals surface area contributed by atoms with Crippen molar-refractivity contribution in [2.45, 2.75) is 12.5 Å². The first kappa shape index (κ1) is 8.43. The van der Waals surface area contributed by atoms with Crippen molar-refractivity contribution in [3.63, 3.8) is 0 Å².